The molecule has 0 bridgehead atoms. The van der Waals surface area contributed by atoms with Gasteiger partial charge in [-0.05, 0) is 18.8 Å². The van der Waals surface area contributed by atoms with Crippen LogP contribution in [0.3, 0.4) is 0 Å². The molecule has 0 aliphatic carbocycles. The zero-order chi connectivity index (χ0) is 15.1. The fourth-order valence-electron chi connectivity index (χ4n) is 1.26. The Kier molecular flexibility index (Phi) is 7.62. The van der Waals surface area contributed by atoms with Crippen LogP contribution in [0.4, 0.5) is 0 Å². The first-order valence-corrected chi connectivity index (χ1v) is 7.62. The summed E-state index contributed by atoms with van der Waals surface area (Å²) in [5.41, 5.74) is 0. The van der Waals surface area contributed by atoms with E-state index in [0.717, 1.165) is 0 Å². The number of aliphatic carboxylic acids is 1. The molecule has 0 radical (unpaired) electrons. The van der Waals surface area contributed by atoms with Gasteiger partial charge in [0, 0.05) is 6.42 Å². The first-order chi connectivity index (χ1) is 8.68. The minimum Gasteiger partial charge on any atom is -0.480 e. The van der Waals surface area contributed by atoms with Gasteiger partial charge >= 0.3 is 11.9 Å². The third-order valence-electron chi connectivity index (χ3n) is 2.45. The topological polar surface area (TPSA) is 110 Å². The standard InChI is InChI=1S/C11H21NO6S/c1-8(2)6-7-19(16,17)12-9(11(14)15)4-5-10(13)18-3/h8-9,12H,4-7H2,1-3H3,(H,14,15)/t9-/m0/s1. The van der Waals surface area contributed by atoms with Crippen LogP contribution >= 0.6 is 0 Å². The molecular formula is C11H21NO6S. The molecule has 112 valence electrons. The van der Waals surface area contributed by atoms with Crippen molar-refractivity contribution in [3.63, 3.8) is 0 Å². The average molecular weight is 295 g/mol. The summed E-state index contributed by atoms with van der Waals surface area (Å²) in [5, 5.41) is 8.92. The minimum atomic E-state index is -3.66. The van der Waals surface area contributed by atoms with Crippen LogP contribution in [0.25, 0.3) is 0 Å². The minimum absolute atomic E-state index is 0.132. The number of carbonyl (C=O) groups excluding carboxylic acids is 1. The molecule has 8 heteroatoms. The third-order valence-corrected chi connectivity index (χ3v) is 3.87. The Bertz CT molecular complexity index is 403. The highest BCUT2D eigenvalue weighted by molar-refractivity contribution is 7.89. The fraction of sp³-hybridized carbons (Fsp3) is 0.818. The van der Waals surface area contributed by atoms with E-state index in [9.17, 15) is 18.0 Å². The quantitative estimate of drug-likeness (QED) is 0.594. The van der Waals surface area contributed by atoms with Crippen molar-refractivity contribution < 1.29 is 27.9 Å². The maximum Gasteiger partial charge on any atom is 0.321 e. The van der Waals surface area contributed by atoms with Crippen LogP contribution in [0.5, 0.6) is 0 Å². The van der Waals surface area contributed by atoms with Gasteiger partial charge in [0.25, 0.3) is 0 Å². The van der Waals surface area contributed by atoms with Crippen LogP contribution in [-0.2, 0) is 24.3 Å². The van der Waals surface area contributed by atoms with Crippen molar-refractivity contribution in [3.8, 4) is 0 Å². The van der Waals surface area contributed by atoms with Crippen molar-refractivity contribution in [2.75, 3.05) is 12.9 Å². The number of nitrogens with one attached hydrogen (secondary N) is 1. The van der Waals surface area contributed by atoms with E-state index in [2.05, 4.69) is 9.46 Å². The molecule has 2 N–H and O–H groups in total. The van der Waals surface area contributed by atoms with Crippen molar-refractivity contribution in [3.05, 3.63) is 0 Å². The molecule has 0 saturated heterocycles. The molecule has 19 heavy (non-hydrogen) atoms. The number of sulfonamides is 1. The van der Waals surface area contributed by atoms with Crippen molar-refractivity contribution in [1.29, 1.82) is 0 Å². The van der Waals surface area contributed by atoms with Gasteiger partial charge in [-0.15, -0.1) is 0 Å². The largest absolute Gasteiger partial charge is 0.480 e. The molecule has 0 aliphatic rings. The summed E-state index contributed by atoms with van der Waals surface area (Å²) < 4.78 is 29.8. The second-order valence-corrected chi connectivity index (χ2v) is 6.50. The summed E-state index contributed by atoms with van der Waals surface area (Å²) in [6.45, 7) is 3.75. The van der Waals surface area contributed by atoms with Crippen LogP contribution in [-0.4, -0.2) is 44.4 Å². The second kappa shape index (κ2) is 8.11. The lowest BCUT2D eigenvalue weighted by molar-refractivity contribution is -0.142. The number of carboxylic acids is 1. The molecular weight excluding hydrogens is 274 g/mol. The smallest absolute Gasteiger partial charge is 0.321 e. The van der Waals surface area contributed by atoms with Gasteiger partial charge in [0.2, 0.25) is 10.0 Å². The molecule has 0 amide bonds. The molecule has 0 heterocycles. The second-order valence-electron chi connectivity index (χ2n) is 4.62. The Morgan fingerprint density at radius 1 is 1.26 bits per heavy atom. The predicted molar refractivity (Wildman–Crippen MR) is 69.1 cm³/mol. The van der Waals surface area contributed by atoms with Gasteiger partial charge in [0.05, 0.1) is 12.9 Å². The lowest BCUT2D eigenvalue weighted by Gasteiger charge is -2.14. The van der Waals surface area contributed by atoms with E-state index in [0.29, 0.717) is 6.42 Å². The molecule has 0 aromatic heterocycles. The highest BCUT2D eigenvalue weighted by Gasteiger charge is 2.24. The molecule has 0 aliphatic heterocycles. The van der Waals surface area contributed by atoms with E-state index in [4.69, 9.17) is 5.11 Å². The Hall–Kier alpha value is -1.15. The molecule has 1 atom stereocenters. The SMILES string of the molecule is COC(=O)CC[C@H](NS(=O)(=O)CCC(C)C)C(=O)O. The molecule has 0 saturated carbocycles. The van der Waals surface area contributed by atoms with E-state index < -0.39 is 28.0 Å². The van der Waals surface area contributed by atoms with Crippen LogP contribution in [0.1, 0.15) is 33.1 Å². The van der Waals surface area contributed by atoms with Gasteiger partial charge < -0.3 is 9.84 Å². The number of carbonyl (C=O) groups is 2. The van der Waals surface area contributed by atoms with Gasteiger partial charge in [-0.1, -0.05) is 13.8 Å². The number of carboxylic acid groups (broad SMARTS) is 1. The Labute approximate surface area is 113 Å². The normalized spacial score (nSPS) is 13.3. The monoisotopic (exact) mass is 295 g/mol. The summed E-state index contributed by atoms with van der Waals surface area (Å²) in [6, 6.07) is -1.31. The molecule has 7 nitrogen and oxygen atoms in total. The maximum absolute atomic E-state index is 11.7. The predicted octanol–water partition coefficient (Wildman–Crippen LogP) is 0.358. The van der Waals surface area contributed by atoms with Crippen LogP contribution in [0.15, 0.2) is 0 Å². The van der Waals surface area contributed by atoms with Gasteiger partial charge in [0.15, 0.2) is 0 Å². The van der Waals surface area contributed by atoms with Crippen LogP contribution in [0, 0.1) is 5.92 Å². The van der Waals surface area contributed by atoms with E-state index in [1.54, 1.807) is 0 Å². The molecule has 0 spiro atoms. The Morgan fingerprint density at radius 3 is 2.26 bits per heavy atom. The first kappa shape index (κ1) is 17.8. The summed E-state index contributed by atoms with van der Waals surface area (Å²) in [5.74, 6) is -1.81. The molecule has 0 rings (SSSR count). The highest BCUT2D eigenvalue weighted by atomic mass is 32.2. The zero-order valence-corrected chi connectivity index (χ0v) is 12.2. The average Bonchev–Trinajstić information content (AvgIpc) is 2.31. The van der Waals surface area contributed by atoms with Gasteiger partial charge in [-0.25, -0.2) is 13.1 Å². The number of hydrogen-bond donors (Lipinski definition) is 2. The molecule has 0 fully saturated rings. The van der Waals surface area contributed by atoms with Crippen LogP contribution < -0.4 is 4.72 Å². The van der Waals surface area contributed by atoms with E-state index in [1.165, 1.54) is 7.11 Å². The van der Waals surface area contributed by atoms with Gasteiger partial charge in [-0.3, -0.25) is 9.59 Å². The van der Waals surface area contributed by atoms with Crippen molar-refractivity contribution in [2.45, 2.75) is 39.2 Å². The zero-order valence-electron chi connectivity index (χ0n) is 11.4. The lowest BCUT2D eigenvalue weighted by Crippen LogP contribution is -2.42. The summed E-state index contributed by atoms with van der Waals surface area (Å²) in [6.07, 6.45) is 0.155. The third kappa shape index (κ3) is 8.55. The summed E-state index contributed by atoms with van der Waals surface area (Å²) in [4.78, 5) is 21.9. The summed E-state index contributed by atoms with van der Waals surface area (Å²) >= 11 is 0. The lowest BCUT2D eigenvalue weighted by atomic mass is 10.2. The number of esters is 1. The molecule has 0 aromatic carbocycles. The van der Waals surface area contributed by atoms with Gasteiger partial charge in [-0.2, -0.15) is 0 Å². The van der Waals surface area contributed by atoms with Crippen LogP contribution in [0.2, 0.25) is 0 Å². The van der Waals surface area contributed by atoms with Crippen molar-refractivity contribution in [1.82, 2.24) is 4.72 Å². The van der Waals surface area contributed by atoms with E-state index >= 15 is 0 Å². The number of hydrogen-bond acceptors (Lipinski definition) is 5. The molecule has 0 aromatic rings. The number of rotatable bonds is 9. The Morgan fingerprint density at radius 2 is 1.84 bits per heavy atom. The first-order valence-electron chi connectivity index (χ1n) is 5.97. The van der Waals surface area contributed by atoms with E-state index in [-0.39, 0.29) is 24.5 Å². The summed E-state index contributed by atoms with van der Waals surface area (Å²) in [7, 11) is -2.47. The van der Waals surface area contributed by atoms with Crippen molar-refractivity contribution in [2.24, 2.45) is 5.92 Å². The molecule has 0 unspecified atom stereocenters. The van der Waals surface area contributed by atoms with Gasteiger partial charge in [0.1, 0.15) is 6.04 Å². The fourth-order valence-corrected chi connectivity index (χ4v) is 2.82. The maximum atomic E-state index is 11.7. The van der Waals surface area contributed by atoms with Crippen molar-refractivity contribution >= 4 is 22.0 Å². The Balaban J connectivity index is 4.49. The highest BCUT2D eigenvalue weighted by Crippen LogP contribution is 2.05. The number of methoxy groups -OCH3 is 1. The number of ether oxygens (including phenoxy) is 1. The van der Waals surface area contributed by atoms with E-state index in [1.807, 2.05) is 13.8 Å².